The molecule has 4 atom stereocenters. The summed E-state index contributed by atoms with van der Waals surface area (Å²) < 4.78 is 0. The molecule has 1 saturated carbocycles. The summed E-state index contributed by atoms with van der Waals surface area (Å²) in [5.41, 5.74) is 5.21. The molecule has 0 bridgehead atoms. The molecule has 0 heterocycles. The van der Waals surface area contributed by atoms with Crippen LogP contribution in [0.3, 0.4) is 0 Å². The summed E-state index contributed by atoms with van der Waals surface area (Å²) in [6.07, 6.45) is 7.95. The van der Waals surface area contributed by atoms with Gasteiger partial charge in [0.25, 0.3) is 0 Å². The lowest BCUT2D eigenvalue weighted by atomic mass is 9.43. The van der Waals surface area contributed by atoms with Crippen LogP contribution in [0.4, 0.5) is 0 Å². The average Bonchev–Trinajstić information content (AvgIpc) is 2.63. The maximum absolute atomic E-state index is 10.3. The Labute approximate surface area is 159 Å². The van der Waals surface area contributed by atoms with Crippen LogP contribution in [0.5, 0.6) is 11.5 Å². The van der Waals surface area contributed by atoms with Crippen molar-refractivity contribution < 1.29 is 10.2 Å². The Kier molecular flexibility index (Phi) is 4.49. The summed E-state index contributed by atoms with van der Waals surface area (Å²) in [6, 6.07) is 1.84. The molecule has 2 heteroatoms. The largest absolute Gasteiger partial charge is 0.504 e. The molecule has 0 unspecified atom stereocenters. The number of phenols is 2. The fourth-order valence-electron chi connectivity index (χ4n) is 6.19. The van der Waals surface area contributed by atoms with Crippen molar-refractivity contribution in [2.45, 2.75) is 86.0 Å². The van der Waals surface area contributed by atoms with Crippen LogP contribution in [0, 0.1) is 23.7 Å². The van der Waals surface area contributed by atoms with E-state index in [1.807, 2.05) is 13.0 Å². The van der Waals surface area contributed by atoms with Crippen LogP contribution in [0.15, 0.2) is 17.7 Å². The van der Waals surface area contributed by atoms with Crippen LogP contribution in [-0.2, 0) is 11.8 Å². The summed E-state index contributed by atoms with van der Waals surface area (Å²) in [5.74, 6) is 0.745. The van der Waals surface area contributed by atoms with Gasteiger partial charge in [-0.05, 0) is 72.1 Å². The van der Waals surface area contributed by atoms with Gasteiger partial charge in [0.05, 0.1) is 0 Å². The SMILES string of the molecule is CC[C@H](C)[C@]1(C)CC[C@]2(C)C(=CCc3c2cc(O)c(O)c3C)[C@@]1(C)CC. The Balaban J connectivity index is 2.22. The topological polar surface area (TPSA) is 40.5 Å². The van der Waals surface area contributed by atoms with Crippen molar-refractivity contribution in [1.82, 2.24) is 0 Å². The van der Waals surface area contributed by atoms with Gasteiger partial charge in [0.2, 0.25) is 0 Å². The smallest absolute Gasteiger partial charge is 0.160 e. The number of aromatic hydroxyl groups is 2. The number of rotatable bonds is 3. The molecule has 2 aliphatic rings. The molecule has 0 saturated heterocycles. The summed E-state index contributed by atoms with van der Waals surface area (Å²) in [6.45, 7) is 16.3. The average molecular weight is 357 g/mol. The minimum Gasteiger partial charge on any atom is -0.504 e. The predicted molar refractivity (Wildman–Crippen MR) is 109 cm³/mol. The van der Waals surface area contributed by atoms with Crippen molar-refractivity contribution in [2.75, 3.05) is 0 Å². The first-order chi connectivity index (χ1) is 12.1. The van der Waals surface area contributed by atoms with Gasteiger partial charge >= 0.3 is 0 Å². The first-order valence-electron chi connectivity index (χ1n) is 10.3. The van der Waals surface area contributed by atoms with E-state index in [2.05, 4.69) is 47.6 Å². The van der Waals surface area contributed by atoms with E-state index in [0.29, 0.717) is 5.92 Å². The van der Waals surface area contributed by atoms with Crippen LogP contribution in [0.2, 0.25) is 0 Å². The van der Waals surface area contributed by atoms with E-state index >= 15 is 0 Å². The number of phenolic OH excluding ortho intramolecular Hbond substituents is 2. The molecule has 1 fully saturated rings. The molecular weight excluding hydrogens is 320 g/mol. The normalized spacial score (nSPS) is 34.7. The molecule has 2 aliphatic carbocycles. The van der Waals surface area contributed by atoms with Crippen LogP contribution in [0.1, 0.15) is 83.9 Å². The number of fused-ring (bicyclic) bond motifs is 3. The van der Waals surface area contributed by atoms with Gasteiger partial charge in [-0.25, -0.2) is 0 Å². The summed E-state index contributed by atoms with van der Waals surface area (Å²) >= 11 is 0. The molecule has 1 aromatic carbocycles. The highest BCUT2D eigenvalue weighted by atomic mass is 16.3. The van der Waals surface area contributed by atoms with Gasteiger partial charge in [-0.1, -0.05) is 59.6 Å². The molecule has 0 aromatic heterocycles. The zero-order valence-corrected chi connectivity index (χ0v) is 17.7. The molecule has 2 N–H and O–H groups in total. The fraction of sp³-hybridized carbons (Fsp3) is 0.667. The third-order valence-electron chi connectivity index (χ3n) is 8.76. The minimum absolute atomic E-state index is 0.0252. The number of allylic oxidation sites excluding steroid dienone is 2. The van der Waals surface area contributed by atoms with Gasteiger partial charge in [-0.3, -0.25) is 0 Å². The molecule has 1 aromatic rings. The molecular formula is C24H36O2. The van der Waals surface area contributed by atoms with Gasteiger partial charge < -0.3 is 10.2 Å². The molecule has 0 amide bonds. The van der Waals surface area contributed by atoms with Crippen molar-refractivity contribution >= 4 is 0 Å². The molecule has 0 radical (unpaired) electrons. The fourth-order valence-corrected chi connectivity index (χ4v) is 6.19. The van der Waals surface area contributed by atoms with E-state index in [1.165, 1.54) is 24.0 Å². The van der Waals surface area contributed by atoms with Gasteiger partial charge in [0.1, 0.15) is 0 Å². The van der Waals surface area contributed by atoms with Crippen LogP contribution < -0.4 is 0 Å². The Morgan fingerprint density at radius 1 is 1.12 bits per heavy atom. The second kappa shape index (κ2) is 6.04. The molecule has 0 aliphatic heterocycles. The van der Waals surface area contributed by atoms with Gasteiger partial charge in [0.15, 0.2) is 11.5 Å². The second-order valence-corrected chi connectivity index (χ2v) is 9.46. The monoisotopic (exact) mass is 356 g/mol. The highest BCUT2D eigenvalue weighted by molar-refractivity contribution is 5.60. The molecule has 0 spiro atoms. The predicted octanol–water partition coefficient (Wildman–Crippen LogP) is 6.41. The van der Waals surface area contributed by atoms with Gasteiger partial charge in [0, 0.05) is 5.41 Å². The lowest BCUT2D eigenvalue weighted by molar-refractivity contribution is -0.0153. The van der Waals surface area contributed by atoms with Crippen molar-refractivity contribution in [3.63, 3.8) is 0 Å². The highest BCUT2D eigenvalue weighted by Gasteiger charge is 2.57. The van der Waals surface area contributed by atoms with Crippen molar-refractivity contribution in [1.29, 1.82) is 0 Å². The van der Waals surface area contributed by atoms with Gasteiger partial charge in [-0.2, -0.15) is 0 Å². The van der Waals surface area contributed by atoms with Crippen LogP contribution in [-0.4, -0.2) is 10.2 Å². The van der Waals surface area contributed by atoms with Crippen molar-refractivity contribution in [2.24, 2.45) is 16.7 Å². The van der Waals surface area contributed by atoms with E-state index in [0.717, 1.165) is 24.8 Å². The second-order valence-electron chi connectivity index (χ2n) is 9.46. The molecule has 26 heavy (non-hydrogen) atoms. The van der Waals surface area contributed by atoms with E-state index in [-0.39, 0.29) is 27.7 Å². The van der Waals surface area contributed by atoms with E-state index < -0.39 is 0 Å². The summed E-state index contributed by atoms with van der Waals surface area (Å²) in [7, 11) is 0. The van der Waals surface area contributed by atoms with Crippen molar-refractivity contribution in [3.8, 4) is 11.5 Å². The zero-order chi connectivity index (χ0) is 19.5. The Bertz CT molecular complexity index is 762. The van der Waals surface area contributed by atoms with Crippen LogP contribution >= 0.6 is 0 Å². The Hall–Kier alpha value is -1.44. The lowest BCUT2D eigenvalue weighted by Crippen LogP contribution is -2.53. The summed E-state index contributed by atoms with van der Waals surface area (Å²) in [4.78, 5) is 0. The van der Waals surface area contributed by atoms with E-state index in [4.69, 9.17) is 0 Å². The van der Waals surface area contributed by atoms with E-state index in [9.17, 15) is 10.2 Å². The third-order valence-corrected chi connectivity index (χ3v) is 8.76. The Morgan fingerprint density at radius 3 is 2.35 bits per heavy atom. The van der Waals surface area contributed by atoms with E-state index in [1.54, 1.807) is 5.57 Å². The molecule has 144 valence electrons. The van der Waals surface area contributed by atoms with Crippen LogP contribution in [0.25, 0.3) is 0 Å². The Morgan fingerprint density at radius 2 is 1.77 bits per heavy atom. The lowest BCUT2D eigenvalue weighted by Gasteiger charge is -2.61. The molecule has 3 rings (SSSR count). The third kappa shape index (κ3) is 2.23. The maximum atomic E-state index is 10.3. The number of hydrogen-bond acceptors (Lipinski definition) is 2. The molecule has 2 nitrogen and oxygen atoms in total. The maximum Gasteiger partial charge on any atom is 0.160 e. The standard InChI is InChI=1S/C24H36O2/c1-8-15(3)24(7)13-12-22(5)18-14-19(25)21(26)16(4)17(18)10-11-20(22)23(24,6)9-2/h11,14-15,25-26H,8-10,12-13H2,1-7H3/t15-,22-,23+,24-/m0/s1. The first-order valence-corrected chi connectivity index (χ1v) is 10.3. The minimum atomic E-state index is -0.0543. The first kappa shape index (κ1) is 19.3. The quantitative estimate of drug-likeness (QED) is 0.485. The zero-order valence-electron chi connectivity index (χ0n) is 17.7. The number of hydrogen-bond donors (Lipinski definition) is 2. The van der Waals surface area contributed by atoms with Crippen molar-refractivity contribution in [3.05, 3.63) is 34.4 Å². The number of benzene rings is 1. The summed E-state index contributed by atoms with van der Waals surface area (Å²) in [5, 5.41) is 20.5. The van der Waals surface area contributed by atoms with Gasteiger partial charge in [-0.15, -0.1) is 0 Å². The highest BCUT2D eigenvalue weighted by Crippen LogP contribution is 2.66.